The van der Waals surface area contributed by atoms with Gasteiger partial charge in [-0.3, -0.25) is 9.59 Å². The number of hydrogen-bond donors (Lipinski definition) is 0. The number of aromatic nitrogens is 2. The molecule has 0 N–H and O–H groups in total. The van der Waals surface area contributed by atoms with E-state index in [-0.39, 0.29) is 60.4 Å². The van der Waals surface area contributed by atoms with Crippen molar-refractivity contribution in [3.63, 3.8) is 0 Å². The van der Waals surface area contributed by atoms with E-state index in [4.69, 9.17) is 0 Å². The van der Waals surface area contributed by atoms with Gasteiger partial charge in [0.1, 0.15) is 6.33 Å². The molecule has 2 aromatic carbocycles. The van der Waals surface area contributed by atoms with Crippen LogP contribution in [0.1, 0.15) is 46.7 Å². The molecular formula is C32H40Cl3N5O4S. The van der Waals surface area contributed by atoms with E-state index in [1.54, 1.807) is 36.7 Å². The van der Waals surface area contributed by atoms with Crippen LogP contribution in [0.5, 0.6) is 0 Å². The molecule has 0 unspecified atom stereocenters. The molecule has 3 saturated heterocycles. The molecule has 45 heavy (non-hydrogen) atoms. The number of nitrogens with zero attached hydrogens (tertiary/aromatic N) is 5. The van der Waals surface area contributed by atoms with Crippen molar-refractivity contribution in [2.45, 2.75) is 36.6 Å². The van der Waals surface area contributed by atoms with E-state index < -0.39 is 9.84 Å². The monoisotopic (exact) mass is 695 g/mol. The lowest BCUT2D eigenvalue weighted by atomic mass is 9.76. The summed E-state index contributed by atoms with van der Waals surface area (Å²) in [6.45, 7) is 5.19. The number of rotatable bonds is 7. The summed E-state index contributed by atoms with van der Waals surface area (Å²) in [5.74, 6) is 0.729. The molecule has 13 heteroatoms. The van der Waals surface area contributed by atoms with Crippen molar-refractivity contribution in [3.05, 3.63) is 90.0 Å². The van der Waals surface area contributed by atoms with Gasteiger partial charge in [-0.15, -0.1) is 37.2 Å². The molecule has 244 valence electrons. The third-order valence-electron chi connectivity index (χ3n) is 9.40. The van der Waals surface area contributed by atoms with Gasteiger partial charge in [0.05, 0.1) is 15.9 Å². The van der Waals surface area contributed by atoms with Crippen LogP contribution in [0.4, 0.5) is 0 Å². The highest BCUT2D eigenvalue weighted by atomic mass is 35.5. The van der Waals surface area contributed by atoms with Crippen molar-refractivity contribution in [1.82, 2.24) is 24.7 Å². The minimum absolute atomic E-state index is 0. The fourth-order valence-corrected chi connectivity index (χ4v) is 7.59. The first-order valence-electron chi connectivity index (χ1n) is 14.6. The molecule has 3 aliphatic rings. The summed E-state index contributed by atoms with van der Waals surface area (Å²) in [6, 6.07) is 17.3. The molecule has 4 heterocycles. The molecule has 0 radical (unpaired) electrons. The lowest BCUT2D eigenvalue weighted by Gasteiger charge is -2.39. The number of amides is 2. The molecule has 9 nitrogen and oxygen atoms in total. The third-order valence-corrected chi connectivity index (χ3v) is 10.5. The Morgan fingerprint density at radius 3 is 2.13 bits per heavy atom. The smallest absolute Gasteiger partial charge is 0.257 e. The Balaban J connectivity index is 0.00000184. The number of halogens is 3. The van der Waals surface area contributed by atoms with Crippen LogP contribution < -0.4 is 0 Å². The van der Waals surface area contributed by atoms with Crippen molar-refractivity contribution in [1.29, 1.82) is 0 Å². The summed E-state index contributed by atoms with van der Waals surface area (Å²) in [5, 5.41) is 0. The third kappa shape index (κ3) is 7.97. The summed E-state index contributed by atoms with van der Waals surface area (Å²) in [7, 11) is -3.24. The van der Waals surface area contributed by atoms with E-state index in [0.717, 1.165) is 51.0 Å². The van der Waals surface area contributed by atoms with E-state index >= 15 is 0 Å². The summed E-state index contributed by atoms with van der Waals surface area (Å²) < 4.78 is 23.6. The molecule has 2 amide bonds. The van der Waals surface area contributed by atoms with Crippen molar-refractivity contribution in [2.24, 2.45) is 11.3 Å². The maximum absolute atomic E-state index is 13.6. The summed E-state index contributed by atoms with van der Waals surface area (Å²) >= 11 is 0. The zero-order valence-corrected chi connectivity index (χ0v) is 28.4. The van der Waals surface area contributed by atoms with Crippen LogP contribution in [0.25, 0.3) is 0 Å². The Morgan fingerprint density at radius 2 is 1.51 bits per heavy atom. The Labute approximate surface area is 283 Å². The van der Waals surface area contributed by atoms with Crippen LogP contribution in [0.3, 0.4) is 0 Å². The highest BCUT2D eigenvalue weighted by molar-refractivity contribution is 7.90. The minimum Gasteiger partial charge on any atom is -0.338 e. The molecule has 0 bridgehead atoms. The topological polar surface area (TPSA) is 104 Å². The van der Waals surface area contributed by atoms with E-state index in [1.165, 1.54) is 18.1 Å². The maximum atomic E-state index is 13.6. The molecule has 2 atom stereocenters. The van der Waals surface area contributed by atoms with Gasteiger partial charge in [0, 0.05) is 57.3 Å². The van der Waals surface area contributed by atoms with E-state index in [9.17, 15) is 18.0 Å². The fraction of sp³-hybridized carbons (Fsp3) is 0.438. The van der Waals surface area contributed by atoms with Gasteiger partial charge in [-0.2, -0.15) is 0 Å². The van der Waals surface area contributed by atoms with Crippen molar-refractivity contribution in [3.8, 4) is 0 Å². The van der Waals surface area contributed by atoms with Crippen molar-refractivity contribution in [2.75, 3.05) is 45.5 Å². The predicted octanol–water partition coefficient (Wildman–Crippen LogP) is 4.52. The van der Waals surface area contributed by atoms with Crippen LogP contribution in [-0.2, 0) is 21.2 Å². The normalized spacial score (nSPS) is 21.1. The van der Waals surface area contributed by atoms with Gasteiger partial charge >= 0.3 is 0 Å². The Bertz CT molecular complexity index is 1540. The van der Waals surface area contributed by atoms with Gasteiger partial charge < -0.3 is 14.7 Å². The van der Waals surface area contributed by atoms with Crippen molar-refractivity contribution < 1.29 is 18.0 Å². The first kappa shape index (κ1) is 36.7. The standard InChI is InChI=1S/C32H37N5O4S.3ClH/c1-42(40,41)28-9-7-24(8-10-28)19-36-16-13-32(31(36)39)11-14-35(15-12-32)20-27-21-37(30(38)26-17-33-23-34-18-26)22-29(27)25-5-3-2-4-6-25;;;/h2-10,17-18,23,27,29H,11-16,19-22H2,1H3;3*1H/t27-,29+;;;/m0.../s1. The van der Waals surface area contributed by atoms with Crippen molar-refractivity contribution >= 4 is 58.9 Å². The molecule has 1 spiro atoms. The largest absolute Gasteiger partial charge is 0.338 e. The molecule has 3 aliphatic heterocycles. The van der Waals surface area contributed by atoms with E-state index in [2.05, 4.69) is 39.1 Å². The minimum atomic E-state index is -3.24. The van der Waals surface area contributed by atoms with Crippen LogP contribution in [0, 0.1) is 11.3 Å². The van der Waals surface area contributed by atoms with Crippen LogP contribution in [0.15, 0.2) is 78.2 Å². The second-order valence-electron chi connectivity index (χ2n) is 12.1. The lowest BCUT2D eigenvalue weighted by Crippen LogP contribution is -2.46. The van der Waals surface area contributed by atoms with Gasteiger partial charge in [0.15, 0.2) is 9.84 Å². The average molecular weight is 697 g/mol. The van der Waals surface area contributed by atoms with Gasteiger partial charge in [0.2, 0.25) is 5.91 Å². The maximum Gasteiger partial charge on any atom is 0.257 e. The first-order chi connectivity index (χ1) is 20.2. The summed E-state index contributed by atoms with van der Waals surface area (Å²) in [5.41, 5.74) is 2.40. The molecule has 1 aromatic heterocycles. The summed E-state index contributed by atoms with van der Waals surface area (Å²) in [4.78, 5) is 41.6. The molecule has 0 saturated carbocycles. The Kier molecular flexibility index (Phi) is 12.4. The molecule has 6 rings (SSSR count). The van der Waals surface area contributed by atoms with Gasteiger partial charge in [-0.1, -0.05) is 42.5 Å². The summed E-state index contributed by atoms with van der Waals surface area (Å²) in [6.07, 6.45) is 8.33. The van der Waals surface area contributed by atoms with Crippen LogP contribution in [0.2, 0.25) is 0 Å². The molecule has 3 fully saturated rings. The second kappa shape index (κ2) is 15.2. The molecule has 0 aliphatic carbocycles. The van der Waals surface area contributed by atoms with E-state index in [1.807, 2.05) is 15.9 Å². The number of hydrogen-bond acceptors (Lipinski definition) is 7. The number of benzene rings is 2. The van der Waals surface area contributed by atoms with E-state index in [0.29, 0.717) is 36.0 Å². The number of likely N-dealkylation sites (tertiary alicyclic amines) is 3. The Morgan fingerprint density at radius 1 is 0.889 bits per heavy atom. The fourth-order valence-electron chi connectivity index (χ4n) is 6.96. The average Bonchev–Trinajstić information content (AvgIpc) is 3.56. The zero-order valence-electron chi connectivity index (χ0n) is 25.2. The molecular weight excluding hydrogens is 657 g/mol. The van der Waals surface area contributed by atoms with Gasteiger partial charge in [-0.25, -0.2) is 18.4 Å². The molecule has 3 aromatic rings. The second-order valence-corrected chi connectivity index (χ2v) is 14.1. The quantitative estimate of drug-likeness (QED) is 0.358. The number of piperidine rings is 1. The highest BCUT2D eigenvalue weighted by Crippen LogP contribution is 2.43. The predicted molar refractivity (Wildman–Crippen MR) is 180 cm³/mol. The number of sulfone groups is 1. The number of carbonyl (C=O) groups excluding carboxylic acids is 2. The highest BCUT2D eigenvalue weighted by Gasteiger charge is 2.48. The zero-order chi connectivity index (χ0) is 29.3. The number of carbonyl (C=O) groups is 2. The van der Waals surface area contributed by atoms with Crippen LogP contribution >= 0.6 is 37.2 Å². The van der Waals surface area contributed by atoms with Gasteiger partial charge in [0.25, 0.3) is 5.91 Å². The van der Waals surface area contributed by atoms with Crippen LogP contribution in [-0.4, -0.2) is 90.4 Å². The lowest BCUT2D eigenvalue weighted by molar-refractivity contribution is -0.139. The van der Waals surface area contributed by atoms with Gasteiger partial charge in [-0.05, 0) is 61.5 Å². The first-order valence-corrected chi connectivity index (χ1v) is 16.5. The SMILES string of the molecule is CS(=O)(=O)c1ccc(CN2CCC3(CCN(C[C@H]4CN(C(=O)c5cncnc5)C[C@@H]4c4ccccc4)CC3)C2=O)cc1.Cl.Cl.Cl. The Hall–Kier alpha value is -2.76.